The number of carbonyl (C=O) groups is 2. The van der Waals surface area contributed by atoms with Crippen molar-refractivity contribution in [2.75, 3.05) is 17.2 Å². The fourth-order valence-corrected chi connectivity index (χ4v) is 4.65. The zero-order valence-electron chi connectivity index (χ0n) is 18.2. The number of hydrogen-bond acceptors (Lipinski definition) is 5. The summed E-state index contributed by atoms with van der Waals surface area (Å²) in [7, 11) is -4.04. The first-order valence-corrected chi connectivity index (χ1v) is 12.4. The Labute approximate surface area is 197 Å². The number of fused-ring (bicyclic) bond motifs is 2. The maximum atomic E-state index is 12.2. The van der Waals surface area contributed by atoms with Crippen LogP contribution in [-0.2, 0) is 19.7 Å². The molecule has 174 valence electrons. The molecule has 2 N–H and O–H groups in total. The topological polar surface area (TPSA) is 112 Å². The molecule has 8 heteroatoms. The summed E-state index contributed by atoms with van der Waals surface area (Å²) in [5, 5.41) is 11.4. The van der Waals surface area contributed by atoms with Gasteiger partial charge in [-0.1, -0.05) is 54.6 Å². The molecule has 2 aromatic carbocycles. The van der Waals surface area contributed by atoms with E-state index in [0.717, 1.165) is 16.5 Å². The summed E-state index contributed by atoms with van der Waals surface area (Å²) < 4.78 is 31.2. The third-order valence-electron chi connectivity index (χ3n) is 5.64. The number of unbranched alkanes of at least 4 members (excludes halogenated alkanes) is 1. The molecule has 2 aromatic rings. The number of carboxylic acids is 1. The van der Waals surface area contributed by atoms with E-state index in [0.29, 0.717) is 29.4 Å². The van der Waals surface area contributed by atoms with Crippen molar-refractivity contribution in [3.8, 4) is 0 Å². The molecule has 0 saturated heterocycles. The highest BCUT2D eigenvalue weighted by atomic mass is 32.2. The van der Waals surface area contributed by atoms with Crippen molar-refractivity contribution in [2.24, 2.45) is 0 Å². The fourth-order valence-electron chi connectivity index (χ4n) is 4.08. The number of rotatable bonds is 7. The van der Waals surface area contributed by atoms with Crippen molar-refractivity contribution in [1.82, 2.24) is 0 Å². The zero-order valence-corrected chi connectivity index (χ0v) is 19.0. The molecule has 7 nitrogen and oxygen atoms in total. The molecule has 34 heavy (non-hydrogen) atoms. The van der Waals surface area contributed by atoms with E-state index in [1.165, 1.54) is 12.2 Å². The Kier molecular flexibility index (Phi) is 6.63. The van der Waals surface area contributed by atoms with Gasteiger partial charge < -0.3 is 10.0 Å². The summed E-state index contributed by atoms with van der Waals surface area (Å²) in [5.74, 6) is -1.42. The highest BCUT2D eigenvalue weighted by molar-refractivity contribution is 7.85. The largest absolute Gasteiger partial charge is 0.478 e. The highest BCUT2D eigenvalue weighted by Gasteiger charge is 2.26. The first-order chi connectivity index (χ1) is 16.2. The van der Waals surface area contributed by atoms with Crippen LogP contribution in [0, 0.1) is 0 Å². The number of allylic oxidation sites excluding steroid dienone is 6. The number of carboxylic acid groups (broad SMARTS) is 1. The Morgan fingerprint density at radius 2 is 1.68 bits per heavy atom. The van der Waals surface area contributed by atoms with Gasteiger partial charge in [-0.3, -0.25) is 9.35 Å². The third-order valence-corrected chi connectivity index (χ3v) is 6.45. The number of hydrogen-bond donors (Lipinski definition) is 2. The second kappa shape index (κ2) is 9.62. The van der Waals surface area contributed by atoms with Crippen LogP contribution < -0.4 is 15.3 Å². The zero-order chi connectivity index (χ0) is 24.3. The summed E-state index contributed by atoms with van der Waals surface area (Å²) in [6.07, 6.45) is 11.0. The van der Waals surface area contributed by atoms with Gasteiger partial charge in [0.2, 0.25) is 0 Å². The summed E-state index contributed by atoms with van der Waals surface area (Å²) >= 11 is 0. The van der Waals surface area contributed by atoms with Gasteiger partial charge >= 0.3 is 5.97 Å². The van der Waals surface area contributed by atoms with Gasteiger partial charge in [0.1, 0.15) is 0 Å². The molecule has 2 aliphatic rings. The number of ketones is 1. The smallest absolute Gasteiger partial charge is 0.337 e. The van der Waals surface area contributed by atoms with E-state index in [1.807, 2.05) is 41.3 Å². The normalized spacial score (nSPS) is 15.4. The van der Waals surface area contributed by atoms with Crippen LogP contribution in [0.3, 0.4) is 0 Å². The summed E-state index contributed by atoms with van der Waals surface area (Å²) in [6.45, 7) is 0.449. The molecule has 0 aromatic heterocycles. The van der Waals surface area contributed by atoms with E-state index >= 15 is 0 Å². The van der Waals surface area contributed by atoms with E-state index in [9.17, 15) is 23.1 Å². The van der Waals surface area contributed by atoms with Crippen molar-refractivity contribution in [3.63, 3.8) is 0 Å². The monoisotopic (exact) mass is 477 g/mol. The number of nitrogens with zero attached hydrogens (tertiary/aromatic N) is 1. The van der Waals surface area contributed by atoms with Crippen molar-refractivity contribution in [3.05, 3.63) is 94.4 Å². The average molecular weight is 478 g/mol. The van der Waals surface area contributed by atoms with Crippen molar-refractivity contribution in [1.29, 1.82) is 0 Å². The minimum atomic E-state index is -4.04. The molecule has 4 rings (SSSR count). The Bertz CT molecular complexity index is 1460. The van der Waals surface area contributed by atoms with Crippen molar-refractivity contribution in [2.45, 2.75) is 12.8 Å². The summed E-state index contributed by atoms with van der Waals surface area (Å²) in [6, 6.07) is 12.7. The molecule has 1 heterocycles. The van der Waals surface area contributed by atoms with Gasteiger partial charge in [0.25, 0.3) is 10.1 Å². The van der Waals surface area contributed by atoms with E-state index in [1.54, 1.807) is 30.4 Å². The molecule has 0 amide bonds. The van der Waals surface area contributed by atoms with Crippen LogP contribution in [-0.4, -0.2) is 42.1 Å². The van der Waals surface area contributed by atoms with E-state index in [-0.39, 0.29) is 23.5 Å². The quantitative estimate of drug-likeness (QED) is 0.465. The number of aliphatic carboxylic acids is 1. The third kappa shape index (κ3) is 5.24. The molecule has 0 unspecified atom stereocenters. The average Bonchev–Trinajstić information content (AvgIpc) is 2.79. The SMILES string of the molecule is O=C1C=CC(=CC=c2ccc3c(c2)N(CCCCS(=O)(=O)O)c2ccccc2C=3C(=O)O)C=C1. The van der Waals surface area contributed by atoms with Crippen LogP contribution in [0.2, 0.25) is 0 Å². The standard InChI is InChI=1S/C26H23NO6S/c28-20-12-9-18(10-13-20)7-8-19-11-14-22-24(17-19)27(15-3-4-16-34(31,32)33)23-6-2-1-5-21(23)25(22)26(29)30/h1-2,5-14,17H,3-4,15-16H2,(H,29,30)(H,31,32,33). The minimum Gasteiger partial charge on any atom is -0.478 e. The molecule has 0 bridgehead atoms. The van der Waals surface area contributed by atoms with Gasteiger partial charge in [0.05, 0.1) is 11.3 Å². The molecular weight excluding hydrogens is 454 g/mol. The molecule has 0 radical (unpaired) electrons. The molecule has 0 saturated carbocycles. The second-order valence-corrected chi connectivity index (χ2v) is 9.59. The number of carbonyl (C=O) groups excluding carboxylic acids is 1. The van der Waals surface area contributed by atoms with Crippen LogP contribution in [0.1, 0.15) is 18.4 Å². The molecule has 0 atom stereocenters. The van der Waals surface area contributed by atoms with Crippen LogP contribution in [0.5, 0.6) is 0 Å². The lowest BCUT2D eigenvalue weighted by atomic mass is 9.94. The van der Waals surface area contributed by atoms with E-state index in [4.69, 9.17) is 4.55 Å². The van der Waals surface area contributed by atoms with E-state index < -0.39 is 16.1 Å². The number of para-hydroxylation sites is 1. The van der Waals surface area contributed by atoms with Gasteiger partial charge in [-0.2, -0.15) is 8.42 Å². The molecular formula is C26H23NO6S. The molecule has 1 aliphatic heterocycles. The molecule has 1 aliphatic carbocycles. The lowest BCUT2D eigenvalue weighted by molar-refractivity contribution is -0.130. The summed E-state index contributed by atoms with van der Waals surface area (Å²) in [4.78, 5) is 25.5. The summed E-state index contributed by atoms with van der Waals surface area (Å²) in [5.41, 5.74) is 3.11. The Hall–Kier alpha value is -3.75. The predicted octanol–water partition coefficient (Wildman–Crippen LogP) is 2.49. The van der Waals surface area contributed by atoms with Crippen LogP contribution in [0.15, 0.2) is 78.4 Å². The predicted molar refractivity (Wildman–Crippen MR) is 131 cm³/mol. The first kappa shape index (κ1) is 23.4. The maximum absolute atomic E-state index is 12.2. The van der Waals surface area contributed by atoms with Gasteiger partial charge in [0, 0.05) is 28.7 Å². The van der Waals surface area contributed by atoms with Crippen LogP contribution in [0.25, 0.3) is 11.6 Å². The first-order valence-electron chi connectivity index (χ1n) is 10.7. The van der Waals surface area contributed by atoms with E-state index in [2.05, 4.69) is 0 Å². The van der Waals surface area contributed by atoms with Crippen LogP contribution in [0.4, 0.5) is 11.4 Å². The fraction of sp³-hybridized carbons (Fsp3) is 0.154. The Balaban J connectivity index is 1.79. The Morgan fingerprint density at radius 1 is 0.941 bits per heavy atom. The second-order valence-electron chi connectivity index (χ2n) is 8.02. The Morgan fingerprint density at radius 3 is 2.38 bits per heavy atom. The minimum absolute atomic E-state index is 0.0639. The van der Waals surface area contributed by atoms with Crippen molar-refractivity contribution >= 4 is 44.9 Å². The lowest BCUT2D eigenvalue weighted by Crippen LogP contribution is -2.33. The molecule has 0 fully saturated rings. The number of anilines is 2. The van der Waals surface area contributed by atoms with Gasteiger partial charge in [-0.05, 0) is 47.9 Å². The lowest BCUT2D eigenvalue weighted by Gasteiger charge is -2.32. The van der Waals surface area contributed by atoms with Gasteiger partial charge in [0.15, 0.2) is 5.78 Å². The number of benzene rings is 2. The maximum Gasteiger partial charge on any atom is 0.337 e. The van der Waals surface area contributed by atoms with Gasteiger partial charge in [-0.15, -0.1) is 0 Å². The van der Waals surface area contributed by atoms with Crippen molar-refractivity contribution < 1.29 is 27.7 Å². The molecule has 0 spiro atoms. The van der Waals surface area contributed by atoms with Crippen LogP contribution >= 0.6 is 0 Å². The highest BCUT2D eigenvalue weighted by Crippen LogP contribution is 2.34. The van der Waals surface area contributed by atoms with Gasteiger partial charge in [-0.25, -0.2) is 4.79 Å².